The molecule has 0 aromatic carbocycles. The molecule has 22 heavy (non-hydrogen) atoms. The summed E-state index contributed by atoms with van der Waals surface area (Å²) in [6.07, 6.45) is 3.37. The van der Waals surface area contributed by atoms with Gasteiger partial charge in [-0.15, -0.1) is 0 Å². The lowest BCUT2D eigenvalue weighted by atomic mass is 9.69. The highest BCUT2D eigenvalue weighted by molar-refractivity contribution is 4.91. The second kappa shape index (κ2) is 7.61. The van der Waals surface area contributed by atoms with Gasteiger partial charge in [0.15, 0.2) is 0 Å². The highest BCUT2D eigenvalue weighted by Gasteiger charge is 2.37. The van der Waals surface area contributed by atoms with Gasteiger partial charge in [0.25, 0.3) is 0 Å². The summed E-state index contributed by atoms with van der Waals surface area (Å²) in [4.78, 5) is 0. The fourth-order valence-corrected chi connectivity index (χ4v) is 4.92. The third kappa shape index (κ3) is 4.02. The lowest BCUT2D eigenvalue weighted by molar-refractivity contribution is -0.0480. The van der Waals surface area contributed by atoms with Crippen LogP contribution in [0.2, 0.25) is 0 Å². The highest BCUT2D eigenvalue weighted by atomic mass is 16.5. The fourth-order valence-electron chi connectivity index (χ4n) is 4.92. The van der Waals surface area contributed by atoms with Crippen molar-refractivity contribution in [3.05, 3.63) is 0 Å². The van der Waals surface area contributed by atoms with Crippen molar-refractivity contribution < 1.29 is 4.74 Å². The molecule has 3 heterocycles. The molecule has 0 radical (unpaired) electrons. The molecular weight excluding hydrogens is 274 g/mol. The van der Waals surface area contributed by atoms with Crippen LogP contribution >= 0.6 is 0 Å². The van der Waals surface area contributed by atoms with Gasteiger partial charge in [-0.05, 0) is 75.5 Å². The Kier molecular flexibility index (Phi) is 5.77. The fraction of sp³-hybridized carbons (Fsp3) is 1.00. The van der Waals surface area contributed by atoms with E-state index in [0.717, 1.165) is 42.7 Å². The molecule has 0 aromatic heterocycles. The van der Waals surface area contributed by atoms with Gasteiger partial charge in [0.05, 0.1) is 12.2 Å². The maximum Gasteiger partial charge on any atom is 0.0706 e. The number of piperidine rings is 2. The van der Waals surface area contributed by atoms with Crippen molar-refractivity contribution in [1.82, 2.24) is 16.0 Å². The van der Waals surface area contributed by atoms with Crippen LogP contribution in [0.5, 0.6) is 0 Å². The van der Waals surface area contributed by atoms with E-state index >= 15 is 0 Å². The van der Waals surface area contributed by atoms with E-state index in [2.05, 4.69) is 36.7 Å². The van der Waals surface area contributed by atoms with Gasteiger partial charge < -0.3 is 20.7 Å². The normalized spacial score (nSPS) is 47.3. The standard InChI is InChI=1S/C18H35N3O/c1-12-4-16(9-19-6-12)18-11-21-8-15(14(18)3)5-17-10-20-7-13(2)22-17/h12-21H,4-11H2,1-3H3/t12?,13-,14?,15?,16?,17+,18?/m1/s1. The number of ether oxygens (including phenoxy) is 1. The Bertz CT molecular complexity index is 351. The van der Waals surface area contributed by atoms with Crippen LogP contribution in [-0.2, 0) is 4.74 Å². The van der Waals surface area contributed by atoms with Gasteiger partial charge in [-0.3, -0.25) is 0 Å². The number of nitrogens with one attached hydrogen (secondary N) is 3. The molecule has 0 aliphatic carbocycles. The summed E-state index contributed by atoms with van der Waals surface area (Å²) in [5, 5.41) is 10.9. The van der Waals surface area contributed by atoms with E-state index in [-0.39, 0.29) is 0 Å². The van der Waals surface area contributed by atoms with Gasteiger partial charge in [0.2, 0.25) is 0 Å². The summed E-state index contributed by atoms with van der Waals surface area (Å²) in [5.74, 6) is 4.06. The lowest BCUT2D eigenvalue weighted by Crippen LogP contribution is -2.51. The van der Waals surface area contributed by atoms with Gasteiger partial charge in [-0.1, -0.05) is 13.8 Å². The van der Waals surface area contributed by atoms with Crippen LogP contribution in [0.1, 0.15) is 33.6 Å². The monoisotopic (exact) mass is 309 g/mol. The van der Waals surface area contributed by atoms with Crippen molar-refractivity contribution in [2.75, 3.05) is 39.3 Å². The van der Waals surface area contributed by atoms with E-state index < -0.39 is 0 Å². The minimum absolute atomic E-state index is 0.366. The predicted molar refractivity (Wildman–Crippen MR) is 91.0 cm³/mol. The molecule has 0 bridgehead atoms. The van der Waals surface area contributed by atoms with Crippen molar-refractivity contribution in [2.24, 2.45) is 29.6 Å². The third-order valence-electron chi connectivity index (χ3n) is 6.21. The maximum absolute atomic E-state index is 6.13. The Morgan fingerprint density at radius 3 is 2.41 bits per heavy atom. The number of morpholine rings is 1. The van der Waals surface area contributed by atoms with Crippen LogP contribution in [0, 0.1) is 29.6 Å². The Labute approximate surface area is 136 Å². The smallest absolute Gasteiger partial charge is 0.0706 e. The Morgan fingerprint density at radius 2 is 1.64 bits per heavy atom. The minimum Gasteiger partial charge on any atom is -0.373 e. The van der Waals surface area contributed by atoms with Crippen LogP contribution in [-0.4, -0.2) is 51.5 Å². The molecule has 128 valence electrons. The molecule has 7 atom stereocenters. The first-order valence-corrected chi connectivity index (χ1v) is 9.41. The third-order valence-corrected chi connectivity index (χ3v) is 6.21. The Hall–Kier alpha value is -0.160. The summed E-state index contributed by atoms with van der Waals surface area (Å²) in [7, 11) is 0. The molecule has 5 unspecified atom stereocenters. The topological polar surface area (TPSA) is 45.3 Å². The molecule has 0 aromatic rings. The molecule has 3 aliphatic heterocycles. The summed E-state index contributed by atoms with van der Waals surface area (Å²) in [5.41, 5.74) is 0. The predicted octanol–water partition coefficient (Wildman–Crippen LogP) is 1.47. The van der Waals surface area contributed by atoms with Gasteiger partial charge in [-0.2, -0.15) is 0 Å². The van der Waals surface area contributed by atoms with Crippen molar-refractivity contribution >= 4 is 0 Å². The van der Waals surface area contributed by atoms with Gasteiger partial charge in [-0.25, -0.2) is 0 Å². The van der Waals surface area contributed by atoms with Crippen molar-refractivity contribution in [1.29, 1.82) is 0 Å². The molecule has 3 saturated heterocycles. The summed E-state index contributed by atoms with van der Waals surface area (Å²) in [6.45, 7) is 13.9. The van der Waals surface area contributed by atoms with Crippen LogP contribution in [0.15, 0.2) is 0 Å². The van der Waals surface area contributed by atoms with E-state index in [9.17, 15) is 0 Å². The van der Waals surface area contributed by atoms with Crippen LogP contribution in [0.4, 0.5) is 0 Å². The molecule has 3 N–H and O–H groups in total. The average Bonchev–Trinajstić information content (AvgIpc) is 2.49. The van der Waals surface area contributed by atoms with Crippen LogP contribution in [0.3, 0.4) is 0 Å². The molecule has 3 aliphatic rings. The average molecular weight is 309 g/mol. The summed E-state index contributed by atoms with van der Waals surface area (Å²) in [6, 6.07) is 0. The number of hydrogen-bond acceptors (Lipinski definition) is 4. The molecule has 0 spiro atoms. The van der Waals surface area contributed by atoms with E-state index in [0.29, 0.717) is 12.2 Å². The zero-order valence-corrected chi connectivity index (χ0v) is 14.6. The second-order valence-corrected chi connectivity index (χ2v) is 8.16. The van der Waals surface area contributed by atoms with Crippen molar-refractivity contribution in [3.8, 4) is 0 Å². The molecular formula is C18H35N3O. The zero-order valence-electron chi connectivity index (χ0n) is 14.6. The summed E-state index contributed by atoms with van der Waals surface area (Å²) >= 11 is 0. The van der Waals surface area contributed by atoms with Crippen LogP contribution in [0.25, 0.3) is 0 Å². The van der Waals surface area contributed by atoms with Crippen LogP contribution < -0.4 is 16.0 Å². The second-order valence-electron chi connectivity index (χ2n) is 8.16. The largest absolute Gasteiger partial charge is 0.373 e. The highest BCUT2D eigenvalue weighted by Crippen LogP contribution is 2.36. The first kappa shape index (κ1) is 16.7. The Balaban J connectivity index is 1.56. The zero-order chi connectivity index (χ0) is 15.5. The summed E-state index contributed by atoms with van der Waals surface area (Å²) < 4.78 is 6.13. The van der Waals surface area contributed by atoms with Gasteiger partial charge in [0.1, 0.15) is 0 Å². The quantitative estimate of drug-likeness (QED) is 0.739. The van der Waals surface area contributed by atoms with E-state index in [1.54, 1.807) is 0 Å². The number of hydrogen-bond donors (Lipinski definition) is 3. The molecule has 3 rings (SSSR count). The Morgan fingerprint density at radius 1 is 0.864 bits per heavy atom. The first-order chi connectivity index (χ1) is 10.6. The number of rotatable bonds is 3. The maximum atomic E-state index is 6.13. The van der Waals surface area contributed by atoms with Crippen molar-refractivity contribution in [3.63, 3.8) is 0 Å². The van der Waals surface area contributed by atoms with E-state index in [1.165, 1.54) is 39.0 Å². The molecule has 0 saturated carbocycles. The van der Waals surface area contributed by atoms with E-state index in [1.807, 2.05) is 0 Å². The molecule has 0 amide bonds. The minimum atomic E-state index is 0.366. The van der Waals surface area contributed by atoms with Gasteiger partial charge >= 0.3 is 0 Å². The molecule has 3 fully saturated rings. The van der Waals surface area contributed by atoms with Gasteiger partial charge in [0, 0.05) is 13.1 Å². The lowest BCUT2D eigenvalue weighted by Gasteiger charge is -2.44. The SMILES string of the molecule is CC1CNCC(C2CNCC(C[C@H]3CNC[C@@H](C)O3)C2C)C1. The molecule has 4 nitrogen and oxygen atoms in total. The van der Waals surface area contributed by atoms with Crippen molar-refractivity contribution in [2.45, 2.75) is 45.8 Å². The first-order valence-electron chi connectivity index (χ1n) is 9.41. The van der Waals surface area contributed by atoms with E-state index in [4.69, 9.17) is 4.74 Å². The molecule has 4 heteroatoms.